The van der Waals surface area contributed by atoms with Gasteiger partial charge in [0.15, 0.2) is 0 Å². The van der Waals surface area contributed by atoms with Crippen molar-refractivity contribution in [2.24, 2.45) is 0 Å². The molecule has 2 heteroatoms. The van der Waals surface area contributed by atoms with Crippen LogP contribution in [0.25, 0.3) is 11.2 Å². The Morgan fingerprint density at radius 3 is 3.12 bits per heavy atom. The Morgan fingerprint density at radius 1 is 1.19 bits per heavy atom. The molecule has 16 heavy (non-hydrogen) atoms. The van der Waals surface area contributed by atoms with Gasteiger partial charge in [-0.15, -0.1) is 0 Å². The van der Waals surface area contributed by atoms with Crippen molar-refractivity contribution >= 4 is 11.2 Å². The molecule has 1 aliphatic carbocycles. The first kappa shape index (κ1) is 9.16. The first-order chi connectivity index (χ1) is 7.93. The van der Waals surface area contributed by atoms with Crippen molar-refractivity contribution in [2.75, 3.05) is 0 Å². The van der Waals surface area contributed by atoms with E-state index in [0.29, 0.717) is 0 Å². The summed E-state index contributed by atoms with van der Waals surface area (Å²) in [6, 6.07) is 6.03. The number of hydrogen-bond donors (Lipinski definition) is 0. The predicted octanol–water partition coefficient (Wildman–Crippen LogP) is 3.23. The fourth-order valence-corrected chi connectivity index (χ4v) is 1.84. The molecule has 0 bridgehead atoms. The van der Waals surface area contributed by atoms with Crippen molar-refractivity contribution in [3.8, 4) is 0 Å². The van der Waals surface area contributed by atoms with Crippen LogP contribution in [0.1, 0.15) is 12.1 Å². The summed E-state index contributed by atoms with van der Waals surface area (Å²) in [6.45, 7) is 0. The van der Waals surface area contributed by atoms with Gasteiger partial charge in [-0.05, 0) is 24.1 Å². The first-order valence-electron chi connectivity index (χ1n) is 5.41. The molecular weight excluding hydrogens is 196 g/mol. The Kier molecular flexibility index (Phi) is 2.18. The molecule has 0 amide bonds. The number of nitrogens with zero attached hydrogens (tertiary/aromatic N) is 2. The minimum atomic E-state index is 0.968. The van der Waals surface area contributed by atoms with Gasteiger partial charge in [-0.25, -0.2) is 4.98 Å². The van der Waals surface area contributed by atoms with Crippen LogP contribution in [0.3, 0.4) is 0 Å². The lowest BCUT2D eigenvalue weighted by molar-refractivity contribution is 1.19. The second-order valence-corrected chi connectivity index (χ2v) is 3.77. The van der Waals surface area contributed by atoms with Gasteiger partial charge >= 0.3 is 0 Å². The van der Waals surface area contributed by atoms with Gasteiger partial charge in [-0.2, -0.15) is 0 Å². The molecule has 0 aliphatic heterocycles. The molecule has 3 rings (SSSR count). The highest BCUT2D eigenvalue weighted by atomic mass is 15.0. The molecule has 1 aliphatic rings. The summed E-state index contributed by atoms with van der Waals surface area (Å²) in [6.07, 6.45) is 15.6. The van der Waals surface area contributed by atoms with Gasteiger partial charge in [0.2, 0.25) is 0 Å². The Labute approximate surface area is 94.2 Å². The van der Waals surface area contributed by atoms with Gasteiger partial charge in [0.25, 0.3) is 0 Å². The van der Waals surface area contributed by atoms with Crippen LogP contribution in [0.15, 0.2) is 61.0 Å². The molecule has 2 nitrogen and oxygen atoms in total. The fraction of sp³-hybridized carbons (Fsp3) is 0.0714. The fourth-order valence-electron chi connectivity index (χ4n) is 1.84. The highest BCUT2D eigenvalue weighted by Gasteiger charge is 2.04. The summed E-state index contributed by atoms with van der Waals surface area (Å²) in [5.74, 6) is 0. The first-order valence-corrected chi connectivity index (χ1v) is 5.41. The molecule has 0 saturated heterocycles. The normalized spacial score (nSPS) is 15.1. The molecule has 0 radical (unpaired) electrons. The Bertz CT molecular complexity index is 567. The van der Waals surface area contributed by atoms with Crippen LogP contribution in [0, 0.1) is 0 Å². The van der Waals surface area contributed by atoms with Crippen LogP contribution in [-0.2, 0) is 0 Å². The van der Waals surface area contributed by atoms with Crippen molar-refractivity contribution in [1.82, 2.24) is 9.38 Å². The maximum atomic E-state index is 4.59. The summed E-state index contributed by atoms with van der Waals surface area (Å²) in [5, 5.41) is 0. The highest BCUT2D eigenvalue weighted by molar-refractivity contribution is 5.73. The standard InChI is InChI=1S/C14H12N2/c1-2-4-8-12(7-3-1)13-11-16-10-6-5-9-14(16)15-13/h1-3,5-11H,4H2. The number of aromatic nitrogens is 2. The lowest BCUT2D eigenvalue weighted by Crippen LogP contribution is -1.79. The van der Waals surface area contributed by atoms with E-state index < -0.39 is 0 Å². The minimum Gasteiger partial charge on any atom is -0.306 e. The number of allylic oxidation sites excluding steroid dienone is 6. The number of rotatable bonds is 1. The van der Waals surface area contributed by atoms with E-state index >= 15 is 0 Å². The molecule has 0 aromatic carbocycles. The van der Waals surface area contributed by atoms with E-state index in [2.05, 4.69) is 41.6 Å². The number of hydrogen-bond acceptors (Lipinski definition) is 1. The summed E-state index contributed by atoms with van der Waals surface area (Å²) < 4.78 is 2.04. The maximum Gasteiger partial charge on any atom is 0.137 e. The van der Waals surface area contributed by atoms with Gasteiger partial charge in [0.1, 0.15) is 5.65 Å². The molecule has 78 valence electrons. The van der Waals surface area contributed by atoms with Crippen LogP contribution >= 0.6 is 0 Å². The van der Waals surface area contributed by atoms with E-state index in [1.165, 1.54) is 5.57 Å². The SMILES string of the molecule is C1=CCC=C(c2cn3ccccc3n2)C=C1. The van der Waals surface area contributed by atoms with Gasteiger partial charge < -0.3 is 4.40 Å². The maximum absolute atomic E-state index is 4.59. The third kappa shape index (κ3) is 1.58. The summed E-state index contributed by atoms with van der Waals surface area (Å²) >= 11 is 0. The third-order valence-corrected chi connectivity index (χ3v) is 2.66. The molecule has 0 fully saturated rings. The quantitative estimate of drug-likeness (QED) is 0.703. The smallest absolute Gasteiger partial charge is 0.137 e. The number of fused-ring (bicyclic) bond motifs is 1. The van der Waals surface area contributed by atoms with E-state index in [-0.39, 0.29) is 0 Å². The van der Waals surface area contributed by atoms with Gasteiger partial charge in [-0.3, -0.25) is 0 Å². The van der Waals surface area contributed by atoms with E-state index in [1.807, 2.05) is 28.8 Å². The number of pyridine rings is 1. The van der Waals surface area contributed by atoms with Gasteiger partial charge in [0, 0.05) is 12.4 Å². The average molecular weight is 208 g/mol. The second kappa shape index (κ2) is 3.81. The zero-order valence-corrected chi connectivity index (χ0v) is 8.88. The zero-order valence-electron chi connectivity index (χ0n) is 8.88. The molecule has 2 aromatic heterocycles. The van der Waals surface area contributed by atoms with Crippen molar-refractivity contribution in [3.63, 3.8) is 0 Å². The van der Waals surface area contributed by atoms with Crippen LogP contribution < -0.4 is 0 Å². The Balaban J connectivity index is 2.09. The lowest BCUT2D eigenvalue weighted by Gasteiger charge is -1.93. The van der Waals surface area contributed by atoms with Crippen molar-refractivity contribution in [2.45, 2.75) is 6.42 Å². The van der Waals surface area contributed by atoms with E-state index in [9.17, 15) is 0 Å². The summed E-state index contributed by atoms with van der Waals surface area (Å²) in [5.41, 5.74) is 3.21. The molecule has 0 N–H and O–H groups in total. The van der Waals surface area contributed by atoms with E-state index in [1.54, 1.807) is 0 Å². The molecular formula is C14H12N2. The van der Waals surface area contributed by atoms with Crippen molar-refractivity contribution < 1.29 is 0 Å². The number of imidazole rings is 1. The molecule has 2 aromatic rings. The summed E-state index contributed by atoms with van der Waals surface area (Å²) in [7, 11) is 0. The van der Waals surface area contributed by atoms with Crippen LogP contribution in [-0.4, -0.2) is 9.38 Å². The Hall–Kier alpha value is -2.09. The van der Waals surface area contributed by atoms with Crippen molar-refractivity contribution in [3.05, 3.63) is 66.7 Å². The van der Waals surface area contributed by atoms with Crippen LogP contribution in [0.2, 0.25) is 0 Å². The van der Waals surface area contributed by atoms with E-state index in [4.69, 9.17) is 0 Å². The Morgan fingerprint density at radius 2 is 2.19 bits per heavy atom. The van der Waals surface area contributed by atoms with Crippen LogP contribution in [0.5, 0.6) is 0 Å². The monoisotopic (exact) mass is 208 g/mol. The molecule has 0 unspecified atom stereocenters. The van der Waals surface area contributed by atoms with Gasteiger partial charge in [0.05, 0.1) is 5.69 Å². The van der Waals surface area contributed by atoms with Crippen LogP contribution in [0.4, 0.5) is 0 Å². The molecule has 2 heterocycles. The van der Waals surface area contributed by atoms with Crippen molar-refractivity contribution in [1.29, 1.82) is 0 Å². The average Bonchev–Trinajstić information content (AvgIpc) is 2.56. The molecule has 0 atom stereocenters. The predicted molar refractivity (Wildman–Crippen MR) is 66.1 cm³/mol. The van der Waals surface area contributed by atoms with Gasteiger partial charge in [-0.1, -0.05) is 36.4 Å². The van der Waals surface area contributed by atoms with E-state index in [0.717, 1.165) is 17.8 Å². The highest BCUT2D eigenvalue weighted by Crippen LogP contribution is 2.18. The summed E-state index contributed by atoms with van der Waals surface area (Å²) in [4.78, 5) is 4.59. The topological polar surface area (TPSA) is 17.3 Å². The lowest BCUT2D eigenvalue weighted by atomic mass is 10.2. The minimum absolute atomic E-state index is 0.968. The third-order valence-electron chi connectivity index (χ3n) is 2.66. The molecule has 0 saturated carbocycles. The molecule has 0 spiro atoms. The largest absolute Gasteiger partial charge is 0.306 e. The zero-order chi connectivity index (χ0) is 10.8. The second-order valence-electron chi connectivity index (χ2n) is 3.77.